The highest BCUT2D eigenvalue weighted by Crippen LogP contribution is 2.38. The van der Waals surface area contributed by atoms with E-state index >= 15 is 0 Å². The monoisotopic (exact) mass is 483 g/mol. The number of amidine groups is 1. The van der Waals surface area contributed by atoms with Crippen LogP contribution in [-0.4, -0.2) is 23.8 Å². The van der Waals surface area contributed by atoms with E-state index in [0.717, 1.165) is 42.6 Å². The zero-order valence-electron chi connectivity index (χ0n) is 18.2. The molecule has 2 aliphatic rings. The molecule has 1 saturated carbocycles. The van der Waals surface area contributed by atoms with Crippen LogP contribution in [0.1, 0.15) is 60.7 Å². The third-order valence-electron chi connectivity index (χ3n) is 6.34. The summed E-state index contributed by atoms with van der Waals surface area (Å²) in [4.78, 5) is 4.93. The summed E-state index contributed by atoms with van der Waals surface area (Å²) in [5, 5.41) is 0.667. The van der Waals surface area contributed by atoms with Gasteiger partial charge in [0.25, 0.3) is 0 Å². The van der Waals surface area contributed by atoms with Gasteiger partial charge in [-0.3, -0.25) is 0 Å². The van der Waals surface area contributed by atoms with Crippen LogP contribution < -0.4 is 10.0 Å². The lowest BCUT2D eigenvalue weighted by Crippen LogP contribution is -2.37. The van der Waals surface area contributed by atoms with Crippen molar-refractivity contribution in [1.29, 1.82) is 0 Å². The fourth-order valence-corrected chi connectivity index (χ4v) is 5.94. The number of hydrogen-bond acceptors (Lipinski definition) is 4. The average Bonchev–Trinajstić information content (AvgIpc) is 3.18. The summed E-state index contributed by atoms with van der Waals surface area (Å²) in [7, 11) is -3.99. The Labute approximate surface area is 199 Å². The molecule has 2 heterocycles. The van der Waals surface area contributed by atoms with Gasteiger partial charge in [0.1, 0.15) is 11.5 Å². The molecule has 5 rings (SSSR count). The topological polar surface area (TPSA) is 93.6 Å². The van der Waals surface area contributed by atoms with Crippen molar-refractivity contribution in [1.82, 2.24) is 9.55 Å². The van der Waals surface area contributed by atoms with Crippen molar-refractivity contribution in [3.05, 3.63) is 82.3 Å². The van der Waals surface area contributed by atoms with Gasteiger partial charge in [-0.2, -0.15) is 8.42 Å². The lowest BCUT2D eigenvalue weighted by molar-refractivity contribution is 0.418. The number of rotatable bonds is 5. The molecule has 0 bridgehead atoms. The second-order valence-corrected chi connectivity index (χ2v) is 10.6. The fraction of sp³-hybridized carbons (Fsp3) is 0.333. The zero-order chi connectivity index (χ0) is 23.0. The molecule has 1 fully saturated rings. The molecule has 0 radical (unpaired) electrons. The van der Waals surface area contributed by atoms with Gasteiger partial charge < -0.3 is 10.3 Å². The van der Waals surface area contributed by atoms with Crippen molar-refractivity contribution in [2.24, 2.45) is 10.1 Å². The smallest absolute Gasteiger partial charge is 0.348 e. The Morgan fingerprint density at radius 2 is 1.61 bits per heavy atom. The molecule has 2 aromatic carbocycles. The van der Waals surface area contributed by atoms with Gasteiger partial charge in [0.05, 0.1) is 6.54 Å². The van der Waals surface area contributed by atoms with Crippen molar-refractivity contribution in [2.45, 2.75) is 51.1 Å². The Morgan fingerprint density at radius 1 is 0.939 bits per heavy atom. The first-order valence-corrected chi connectivity index (χ1v) is 13.0. The van der Waals surface area contributed by atoms with E-state index < -0.39 is 10.2 Å². The molecule has 1 aromatic heterocycles. The summed E-state index contributed by atoms with van der Waals surface area (Å²) in [6, 6.07) is 17.1. The van der Waals surface area contributed by atoms with Crippen LogP contribution in [0.4, 0.5) is 5.82 Å². The lowest BCUT2D eigenvalue weighted by atomic mass is 9.88. The maximum atomic E-state index is 13.0. The summed E-state index contributed by atoms with van der Waals surface area (Å²) in [5.41, 5.74) is 8.72. The van der Waals surface area contributed by atoms with Gasteiger partial charge in [0.15, 0.2) is 11.7 Å². The Balaban J connectivity index is 1.64. The van der Waals surface area contributed by atoms with Crippen LogP contribution in [0.5, 0.6) is 0 Å². The van der Waals surface area contributed by atoms with E-state index in [1.54, 1.807) is 0 Å². The number of imidazole rings is 1. The molecule has 3 aromatic rings. The Morgan fingerprint density at radius 3 is 2.30 bits per heavy atom. The van der Waals surface area contributed by atoms with E-state index in [-0.39, 0.29) is 18.3 Å². The first kappa shape index (κ1) is 22.0. The molecule has 1 aliphatic carbocycles. The molecule has 33 heavy (non-hydrogen) atoms. The van der Waals surface area contributed by atoms with Crippen molar-refractivity contribution in [2.75, 3.05) is 4.31 Å². The van der Waals surface area contributed by atoms with Gasteiger partial charge in [0, 0.05) is 17.5 Å². The number of aromatic nitrogens is 2. The minimum Gasteiger partial charge on any atom is -0.381 e. The number of nitrogens with zero attached hydrogens (tertiary/aromatic N) is 4. The SMILES string of the molecule is NC1=NS(=O)(=O)N(Cc2ccccc2)c2nc(C3CCCCC3)n(Cc3ccc(Cl)cc3)c21. The Hall–Kier alpha value is -2.84. The van der Waals surface area contributed by atoms with Gasteiger partial charge in [0.2, 0.25) is 0 Å². The van der Waals surface area contributed by atoms with Crippen molar-refractivity contribution < 1.29 is 8.42 Å². The van der Waals surface area contributed by atoms with Crippen LogP contribution in [0.15, 0.2) is 59.0 Å². The highest BCUT2D eigenvalue weighted by Gasteiger charge is 2.37. The summed E-state index contributed by atoms with van der Waals surface area (Å²) in [6.45, 7) is 0.662. The maximum absolute atomic E-state index is 13.0. The van der Waals surface area contributed by atoms with Gasteiger partial charge in [-0.05, 0) is 36.1 Å². The van der Waals surface area contributed by atoms with Crippen molar-refractivity contribution >= 4 is 33.5 Å². The van der Waals surface area contributed by atoms with E-state index in [4.69, 9.17) is 22.3 Å². The number of nitrogens with two attached hydrogens (primary N) is 1. The summed E-state index contributed by atoms with van der Waals surface area (Å²) in [6.07, 6.45) is 5.54. The molecule has 172 valence electrons. The highest BCUT2D eigenvalue weighted by molar-refractivity contribution is 7.91. The van der Waals surface area contributed by atoms with Crippen LogP contribution in [0.2, 0.25) is 5.02 Å². The second kappa shape index (κ2) is 8.83. The lowest BCUT2D eigenvalue weighted by Gasteiger charge is -2.25. The van der Waals surface area contributed by atoms with Crippen molar-refractivity contribution in [3.8, 4) is 0 Å². The first-order valence-electron chi connectivity index (χ1n) is 11.2. The van der Waals surface area contributed by atoms with Crippen LogP contribution in [0, 0.1) is 0 Å². The van der Waals surface area contributed by atoms with Crippen LogP contribution in [0.25, 0.3) is 0 Å². The molecular weight excluding hydrogens is 458 g/mol. The molecule has 1 aliphatic heterocycles. The molecule has 0 atom stereocenters. The van der Waals surface area contributed by atoms with Crippen molar-refractivity contribution in [3.63, 3.8) is 0 Å². The van der Waals surface area contributed by atoms with Gasteiger partial charge in [-0.1, -0.05) is 73.3 Å². The third-order valence-corrected chi connectivity index (χ3v) is 7.88. The number of anilines is 1. The third kappa shape index (κ3) is 4.37. The second-order valence-electron chi connectivity index (χ2n) is 8.64. The Bertz CT molecular complexity index is 1280. The first-order chi connectivity index (χ1) is 15.9. The minimum atomic E-state index is -3.99. The molecule has 0 spiro atoms. The standard InChI is InChI=1S/C24H26ClN5O2S/c25-20-13-11-18(12-14-20)15-29-21-22(26)28-33(31,32)30(16-17-7-3-1-4-8-17)24(21)27-23(29)19-9-5-2-6-10-19/h1,3-4,7-8,11-14,19H,2,5-6,9-10,15-16H2,(H2,26,28). The summed E-state index contributed by atoms with van der Waals surface area (Å²) in [5.74, 6) is 1.48. The van der Waals surface area contributed by atoms with Gasteiger partial charge in [-0.25, -0.2) is 9.29 Å². The Kier molecular flexibility index (Phi) is 5.88. The normalized spacial score (nSPS) is 18.1. The van der Waals surface area contributed by atoms with Gasteiger partial charge >= 0.3 is 10.2 Å². The molecule has 7 nitrogen and oxygen atoms in total. The largest absolute Gasteiger partial charge is 0.381 e. The predicted octanol–water partition coefficient (Wildman–Crippen LogP) is 4.60. The number of halogens is 1. The van der Waals surface area contributed by atoms with E-state index in [1.807, 2.05) is 54.6 Å². The van der Waals surface area contributed by atoms with Gasteiger partial charge in [-0.15, -0.1) is 4.40 Å². The molecule has 0 unspecified atom stereocenters. The minimum absolute atomic E-state index is 0.0159. The fourth-order valence-electron chi connectivity index (χ4n) is 4.72. The molecule has 2 N–H and O–H groups in total. The van der Waals surface area contributed by atoms with Crippen LogP contribution in [0.3, 0.4) is 0 Å². The van der Waals surface area contributed by atoms with Crippen LogP contribution >= 0.6 is 11.6 Å². The molecule has 0 saturated heterocycles. The summed E-state index contributed by atoms with van der Waals surface area (Å²) < 4.78 is 33.3. The average molecular weight is 484 g/mol. The predicted molar refractivity (Wildman–Crippen MR) is 131 cm³/mol. The molecule has 9 heteroatoms. The maximum Gasteiger partial charge on any atom is 0.348 e. The van der Waals surface area contributed by atoms with E-state index in [9.17, 15) is 8.42 Å². The van der Waals surface area contributed by atoms with Crippen LogP contribution in [-0.2, 0) is 23.3 Å². The molecule has 0 amide bonds. The quantitative estimate of drug-likeness (QED) is 0.573. The highest BCUT2D eigenvalue weighted by atomic mass is 35.5. The number of hydrogen-bond donors (Lipinski definition) is 1. The number of benzene rings is 2. The summed E-state index contributed by atoms with van der Waals surface area (Å²) >= 11 is 6.08. The zero-order valence-corrected chi connectivity index (χ0v) is 19.8. The number of fused-ring (bicyclic) bond motifs is 1. The molecular formula is C24H26ClN5O2S. The van der Waals surface area contributed by atoms with E-state index in [2.05, 4.69) is 8.96 Å². The van der Waals surface area contributed by atoms with E-state index in [0.29, 0.717) is 23.1 Å². The van der Waals surface area contributed by atoms with E-state index in [1.165, 1.54) is 10.7 Å².